The van der Waals surface area contributed by atoms with Crippen LogP contribution in [0.4, 0.5) is 27.5 Å². The highest BCUT2D eigenvalue weighted by Gasteiger charge is 2.46. The third kappa shape index (κ3) is 11.6. The van der Waals surface area contributed by atoms with E-state index in [1.165, 1.54) is 30.0 Å². The van der Waals surface area contributed by atoms with Crippen LogP contribution in [0.3, 0.4) is 0 Å². The van der Waals surface area contributed by atoms with Crippen molar-refractivity contribution in [1.82, 2.24) is 25.5 Å². The van der Waals surface area contributed by atoms with E-state index < -0.39 is 41.5 Å². The van der Waals surface area contributed by atoms with Gasteiger partial charge in [0.25, 0.3) is 11.8 Å². The Morgan fingerprint density at radius 2 is 1.68 bits per heavy atom. The summed E-state index contributed by atoms with van der Waals surface area (Å²) in [5.41, 5.74) is 13.4. The summed E-state index contributed by atoms with van der Waals surface area (Å²) in [6.07, 6.45) is 2.99. The van der Waals surface area contributed by atoms with Crippen molar-refractivity contribution in [1.29, 1.82) is 0 Å². The van der Waals surface area contributed by atoms with Crippen molar-refractivity contribution in [3.05, 3.63) is 59.3 Å². The molecule has 6 rings (SSSR count). The normalized spacial score (nSPS) is 17.2. The average Bonchev–Trinajstić information content (AvgIpc) is 3.48. The van der Waals surface area contributed by atoms with Gasteiger partial charge in [-0.25, -0.2) is 15.1 Å². The molecule has 0 bridgehead atoms. The first-order valence-electron chi connectivity index (χ1n) is 20.2. The maximum absolute atomic E-state index is 15.2. The monoisotopic (exact) mass is 878 g/mol. The number of carbonyl (C=O) groups excluding carboxylic acids is 6. The number of nitrogens with two attached hydrogens (primary N) is 2. The van der Waals surface area contributed by atoms with Gasteiger partial charge in [0.15, 0.2) is 5.82 Å². The number of nitrogens with one attached hydrogen (secondary N) is 3. The van der Waals surface area contributed by atoms with Crippen molar-refractivity contribution in [2.45, 2.75) is 67.5 Å². The molecule has 332 valence electrons. The molecular formula is C41H51FN10O9S. The number of amides is 6. The molecule has 1 atom stereocenters. The van der Waals surface area contributed by atoms with Crippen LogP contribution in [0.5, 0.6) is 0 Å². The number of nitrogens with zero attached hydrogens (tertiary/aromatic N) is 5. The Morgan fingerprint density at radius 3 is 2.39 bits per heavy atom. The largest absolute Gasteiger partial charge is 0.381 e. The zero-order valence-corrected chi connectivity index (χ0v) is 35.4. The van der Waals surface area contributed by atoms with Gasteiger partial charge in [-0.3, -0.25) is 39.0 Å². The van der Waals surface area contributed by atoms with Crippen molar-refractivity contribution < 1.29 is 47.5 Å². The predicted molar refractivity (Wildman–Crippen MR) is 226 cm³/mol. The highest BCUT2D eigenvalue weighted by atomic mass is 32.2. The second-order valence-corrected chi connectivity index (χ2v) is 16.3. The maximum Gasteiger partial charge on any atom is 0.264 e. The van der Waals surface area contributed by atoms with E-state index in [1.807, 2.05) is 13.0 Å². The number of piperidine rings is 2. The van der Waals surface area contributed by atoms with E-state index in [4.69, 9.17) is 25.7 Å². The number of rotatable bonds is 20. The SMILES string of the molecule is Cc1c(NC(=O)CC(=O)NCCOCCOCCOCCN(F)c2cccc3c2C(=O)N(C2CCC(=O)NC2=O)C3=O)cccc1Sc1ncc(N2CCC(C)(N)CC2)nc1N. The molecule has 0 spiro atoms. The minimum Gasteiger partial charge on any atom is -0.381 e. The topological polar surface area (TPSA) is 254 Å². The molecule has 3 aliphatic heterocycles. The first-order chi connectivity index (χ1) is 29.7. The summed E-state index contributed by atoms with van der Waals surface area (Å²) < 4.78 is 31.6. The van der Waals surface area contributed by atoms with Crippen LogP contribution in [0.15, 0.2) is 52.5 Å². The molecule has 0 radical (unpaired) electrons. The van der Waals surface area contributed by atoms with E-state index in [0.717, 1.165) is 41.3 Å². The number of nitrogen functional groups attached to an aromatic ring is 1. The van der Waals surface area contributed by atoms with Gasteiger partial charge < -0.3 is 41.2 Å². The second kappa shape index (κ2) is 20.9. The van der Waals surface area contributed by atoms with E-state index >= 15 is 4.48 Å². The molecule has 0 aliphatic carbocycles. The predicted octanol–water partition coefficient (Wildman–Crippen LogP) is 2.12. The van der Waals surface area contributed by atoms with Crippen LogP contribution in [0.2, 0.25) is 0 Å². The first kappa shape index (κ1) is 45.8. The maximum atomic E-state index is 15.2. The Bertz CT molecular complexity index is 2170. The van der Waals surface area contributed by atoms with Gasteiger partial charge in [0.1, 0.15) is 23.3 Å². The van der Waals surface area contributed by atoms with Crippen molar-refractivity contribution in [3.63, 3.8) is 0 Å². The molecule has 62 heavy (non-hydrogen) atoms. The Labute approximate surface area is 361 Å². The van der Waals surface area contributed by atoms with E-state index in [-0.39, 0.29) is 94.3 Å². The summed E-state index contributed by atoms with van der Waals surface area (Å²) in [4.78, 5) is 88.1. The number of hydrogen-bond acceptors (Lipinski definition) is 16. The number of anilines is 4. The number of benzene rings is 2. The second-order valence-electron chi connectivity index (χ2n) is 15.2. The summed E-state index contributed by atoms with van der Waals surface area (Å²) in [6.45, 7) is 6.35. The summed E-state index contributed by atoms with van der Waals surface area (Å²) in [5, 5.41) is 8.43. The number of hydrogen-bond donors (Lipinski definition) is 5. The molecule has 3 aliphatic rings. The van der Waals surface area contributed by atoms with Crippen LogP contribution in [-0.2, 0) is 33.4 Å². The van der Waals surface area contributed by atoms with Gasteiger partial charge in [-0.2, -0.15) is 0 Å². The lowest BCUT2D eigenvalue weighted by Crippen LogP contribution is -2.54. The molecule has 19 nitrogen and oxygen atoms in total. The fourth-order valence-corrected chi connectivity index (χ4v) is 7.87. The van der Waals surface area contributed by atoms with Gasteiger partial charge in [-0.1, -0.05) is 28.4 Å². The lowest BCUT2D eigenvalue weighted by Gasteiger charge is -2.37. The molecule has 6 amide bonds. The first-order valence-corrected chi connectivity index (χ1v) is 21.1. The zero-order chi connectivity index (χ0) is 44.4. The Kier molecular flexibility index (Phi) is 15.4. The molecule has 1 aromatic heterocycles. The molecular weight excluding hydrogens is 828 g/mol. The lowest BCUT2D eigenvalue weighted by molar-refractivity contribution is -0.136. The minimum absolute atomic E-state index is 0.00791. The van der Waals surface area contributed by atoms with Crippen LogP contribution in [0.25, 0.3) is 0 Å². The summed E-state index contributed by atoms with van der Waals surface area (Å²) >= 11 is 1.34. The summed E-state index contributed by atoms with van der Waals surface area (Å²) in [6, 6.07) is 8.47. The summed E-state index contributed by atoms with van der Waals surface area (Å²) in [5.74, 6) is -2.70. The van der Waals surface area contributed by atoms with Gasteiger partial charge in [-0.05, 0) is 62.9 Å². The highest BCUT2D eigenvalue weighted by Crippen LogP contribution is 2.36. The number of aromatic nitrogens is 2. The quantitative estimate of drug-likeness (QED) is 0.0472. The van der Waals surface area contributed by atoms with Crippen LogP contribution in [0, 0.1) is 6.92 Å². The van der Waals surface area contributed by atoms with E-state index in [2.05, 4.69) is 37.7 Å². The molecule has 7 N–H and O–H groups in total. The van der Waals surface area contributed by atoms with Gasteiger partial charge in [0.2, 0.25) is 23.6 Å². The molecule has 3 aromatic rings. The zero-order valence-electron chi connectivity index (χ0n) is 34.6. The highest BCUT2D eigenvalue weighted by molar-refractivity contribution is 7.99. The molecule has 2 fully saturated rings. The number of fused-ring (bicyclic) bond motifs is 1. The molecule has 4 heterocycles. The van der Waals surface area contributed by atoms with Gasteiger partial charge in [0, 0.05) is 42.2 Å². The lowest BCUT2D eigenvalue weighted by atomic mass is 9.91. The third-order valence-corrected chi connectivity index (χ3v) is 11.7. The van der Waals surface area contributed by atoms with E-state index in [9.17, 15) is 28.8 Å². The van der Waals surface area contributed by atoms with Crippen molar-refractivity contribution in [2.75, 3.05) is 86.9 Å². The van der Waals surface area contributed by atoms with Crippen molar-refractivity contribution in [2.24, 2.45) is 5.73 Å². The van der Waals surface area contributed by atoms with Crippen molar-refractivity contribution >= 4 is 70.2 Å². The standard InChI is InChI=1S/C41H51FN10O9S/c1-25-27(6-4-8-30(25)62-38-36(43)48-31(24-46-38)50-14-11-41(2,44)12-15-50)47-34(55)23-33(54)45-13-17-59-19-21-61-22-20-60-18-16-51(42)28-7-3-5-26-35(28)40(58)52(39(26)57)29-9-10-32(53)49-37(29)56/h3-8,24,29H,9-23,44H2,1-2H3,(H2,43,48)(H,45,54)(H,47,55)(H,49,53,56). The van der Waals surface area contributed by atoms with Crippen molar-refractivity contribution in [3.8, 4) is 0 Å². The van der Waals surface area contributed by atoms with Crippen LogP contribution < -0.4 is 37.4 Å². The smallest absolute Gasteiger partial charge is 0.264 e. The molecule has 2 aromatic carbocycles. The van der Waals surface area contributed by atoms with Gasteiger partial charge >= 0.3 is 0 Å². The fraction of sp³-hybridized carbons (Fsp3) is 0.463. The average molecular weight is 879 g/mol. The number of halogens is 1. The Balaban J connectivity index is 0.811. The molecule has 0 saturated carbocycles. The summed E-state index contributed by atoms with van der Waals surface area (Å²) in [7, 11) is 0. The van der Waals surface area contributed by atoms with Crippen LogP contribution in [0.1, 0.15) is 65.3 Å². The molecule has 1 unspecified atom stereocenters. The van der Waals surface area contributed by atoms with E-state index in [1.54, 1.807) is 18.3 Å². The number of imide groups is 2. The minimum atomic E-state index is -1.16. The van der Waals surface area contributed by atoms with Crippen LogP contribution >= 0.6 is 11.8 Å². The molecule has 2 saturated heterocycles. The van der Waals surface area contributed by atoms with E-state index in [0.29, 0.717) is 27.5 Å². The Hall–Kier alpha value is -5.74. The Morgan fingerprint density at radius 1 is 0.984 bits per heavy atom. The van der Waals surface area contributed by atoms with Gasteiger partial charge in [-0.15, -0.1) is 0 Å². The third-order valence-electron chi connectivity index (χ3n) is 10.5. The fourth-order valence-electron chi connectivity index (χ4n) is 7.00. The number of carbonyl (C=O) groups is 6. The van der Waals surface area contributed by atoms with Crippen LogP contribution in [-0.4, -0.2) is 128 Å². The molecule has 21 heteroatoms. The number of ether oxygens (including phenoxy) is 3. The van der Waals surface area contributed by atoms with Gasteiger partial charge in [0.05, 0.1) is 69.2 Å².